The monoisotopic (exact) mass is 308 g/mol. The maximum atomic E-state index is 6.20. The Balaban J connectivity index is 2.35. The Morgan fingerprint density at radius 1 is 1.30 bits per heavy atom. The molecule has 0 spiro atoms. The van der Waals surface area contributed by atoms with Crippen LogP contribution in [0.15, 0.2) is 35.7 Å². The Labute approximate surface area is 130 Å². The maximum absolute atomic E-state index is 6.20. The van der Waals surface area contributed by atoms with E-state index in [4.69, 9.17) is 11.6 Å². The second-order valence-electron chi connectivity index (χ2n) is 5.10. The summed E-state index contributed by atoms with van der Waals surface area (Å²) >= 11 is 8.00. The highest BCUT2D eigenvalue weighted by atomic mass is 35.5. The van der Waals surface area contributed by atoms with Crippen LogP contribution in [0.25, 0.3) is 0 Å². The van der Waals surface area contributed by atoms with Gasteiger partial charge in [-0.15, -0.1) is 11.3 Å². The van der Waals surface area contributed by atoms with Gasteiger partial charge in [0.25, 0.3) is 0 Å². The number of thiophene rings is 1. The van der Waals surface area contributed by atoms with Gasteiger partial charge in [-0.1, -0.05) is 23.7 Å². The largest absolute Gasteiger partial charge is 0.364 e. The molecule has 1 N–H and O–H groups in total. The molecule has 1 aromatic heterocycles. The van der Waals surface area contributed by atoms with Crippen molar-refractivity contribution in [3.8, 4) is 0 Å². The van der Waals surface area contributed by atoms with E-state index in [-0.39, 0.29) is 0 Å². The van der Waals surface area contributed by atoms with E-state index < -0.39 is 0 Å². The van der Waals surface area contributed by atoms with Crippen molar-refractivity contribution < 1.29 is 0 Å². The van der Waals surface area contributed by atoms with Crippen LogP contribution < -0.4 is 10.2 Å². The molecule has 0 saturated heterocycles. The summed E-state index contributed by atoms with van der Waals surface area (Å²) < 4.78 is 0. The molecule has 2 rings (SSSR count). The van der Waals surface area contributed by atoms with E-state index in [9.17, 15) is 0 Å². The minimum atomic E-state index is 0.422. The zero-order valence-corrected chi connectivity index (χ0v) is 13.8. The highest BCUT2D eigenvalue weighted by molar-refractivity contribution is 7.09. The van der Waals surface area contributed by atoms with E-state index in [1.807, 2.05) is 13.1 Å². The van der Waals surface area contributed by atoms with Crippen molar-refractivity contribution in [2.75, 3.05) is 11.9 Å². The second kappa shape index (κ2) is 7.11. The summed E-state index contributed by atoms with van der Waals surface area (Å²) in [6, 6.07) is 10.8. The molecule has 108 valence electrons. The average Bonchev–Trinajstić information content (AvgIpc) is 2.91. The van der Waals surface area contributed by atoms with Crippen LogP contribution in [-0.2, 0) is 13.1 Å². The van der Waals surface area contributed by atoms with Gasteiger partial charge in [0.05, 0.1) is 6.54 Å². The summed E-state index contributed by atoms with van der Waals surface area (Å²) in [6.07, 6.45) is 0. The number of benzene rings is 1. The fourth-order valence-electron chi connectivity index (χ4n) is 2.26. The Bertz CT molecular complexity index is 537. The third-order valence-corrected chi connectivity index (χ3v) is 4.35. The summed E-state index contributed by atoms with van der Waals surface area (Å²) in [4.78, 5) is 3.78. The standard InChI is InChI=1S/C16H21ClN2S/c1-12(2)19(11-15-5-4-8-20-15)16-9-14(17)7-6-13(16)10-18-3/h4-9,12,18H,10-11H2,1-3H3. The molecule has 0 aliphatic carbocycles. The molecule has 1 aromatic carbocycles. The maximum Gasteiger partial charge on any atom is 0.0525 e. The molecule has 0 fully saturated rings. The summed E-state index contributed by atoms with van der Waals surface area (Å²) in [5, 5.41) is 6.14. The summed E-state index contributed by atoms with van der Waals surface area (Å²) in [7, 11) is 1.97. The lowest BCUT2D eigenvalue weighted by Gasteiger charge is -2.31. The number of rotatable bonds is 6. The van der Waals surface area contributed by atoms with Crippen molar-refractivity contribution in [2.45, 2.75) is 33.0 Å². The molecule has 0 aliphatic heterocycles. The average molecular weight is 309 g/mol. The third-order valence-electron chi connectivity index (χ3n) is 3.25. The van der Waals surface area contributed by atoms with Crippen molar-refractivity contribution in [3.63, 3.8) is 0 Å². The SMILES string of the molecule is CNCc1ccc(Cl)cc1N(Cc1cccs1)C(C)C. The number of nitrogens with zero attached hydrogens (tertiary/aromatic N) is 1. The van der Waals surface area contributed by atoms with Gasteiger partial charge < -0.3 is 10.2 Å². The van der Waals surface area contributed by atoms with E-state index in [1.165, 1.54) is 16.1 Å². The molecule has 0 radical (unpaired) electrons. The molecule has 1 heterocycles. The Kier molecular flexibility index (Phi) is 5.46. The van der Waals surface area contributed by atoms with Crippen molar-refractivity contribution in [1.82, 2.24) is 5.32 Å². The van der Waals surface area contributed by atoms with Gasteiger partial charge in [0.15, 0.2) is 0 Å². The van der Waals surface area contributed by atoms with Gasteiger partial charge in [0.1, 0.15) is 0 Å². The van der Waals surface area contributed by atoms with Crippen LogP contribution in [0.1, 0.15) is 24.3 Å². The van der Waals surface area contributed by atoms with Gasteiger partial charge in [0.2, 0.25) is 0 Å². The minimum Gasteiger partial charge on any atom is -0.364 e. The Morgan fingerprint density at radius 2 is 2.10 bits per heavy atom. The molecule has 2 aromatic rings. The molecule has 2 nitrogen and oxygen atoms in total. The number of anilines is 1. The predicted octanol–water partition coefficient (Wildman–Crippen LogP) is 4.54. The smallest absolute Gasteiger partial charge is 0.0525 e. The van der Waals surface area contributed by atoms with Gasteiger partial charge in [-0.05, 0) is 50.0 Å². The zero-order chi connectivity index (χ0) is 14.5. The first-order valence-electron chi connectivity index (χ1n) is 6.84. The van der Waals surface area contributed by atoms with Gasteiger partial charge in [0, 0.05) is 28.2 Å². The van der Waals surface area contributed by atoms with E-state index in [1.54, 1.807) is 11.3 Å². The molecular weight excluding hydrogens is 288 g/mol. The molecule has 0 bridgehead atoms. The highest BCUT2D eigenvalue weighted by Crippen LogP contribution is 2.29. The van der Waals surface area contributed by atoms with Crippen LogP contribution in [0.3, 0.4) is 0 Å². The number of halogens is 1. The van der Waals surface area contributed by atoms with Crippen molar-refractivity contribution in [1.29, 1.82) is 0 Å². The molecule has 4 heteroatoms. The van der Waals surface area contributed by atoms with Crippen LogP contribution in [0.4, 0.5) is 5.69 Å². The first kappa shape index (κ1) is 15.4. The fourth-order valence-corrected chi connectivity index (χ4v) is 3.13. The lowest BCUT2D eigenvalue weighted by atomic mass is 10.1. The normalized spacial score (nSPS) is 11.1. The quantitative estimate of drug-likeness (QED) is 0.843. The molecule has 0 atom stereocenters. The molecule has 0 saturated carbocycles. The summed E-state index contributed by atoms with van der Waals surface area (Å²) in [5.41, 5.74) is 2.50. The summed E-state index contributed by atoms with van der Waals surface area (Å²) in [6.45, 7) is 6.21. The van der Waals surface area contributed by atoms with E-state index in [2.05, 4.69) is 53.7 Å². The number of nitrogens with one attached hydrogen (secondary N) is 1. The van der Waals surface area contributed by atoms with Crippen LogP contribution in [-0.4, -0.2) is 13.1 Å². The van der Waals surface area contributed by atoms with Crippen LogP contribution in [0, 0.1) is 0 Å². The van der Waals surface area contributed by atoms with Crippen molar-refractivity contribution in [2.24, 2.45) is 0 Å². The predicted molar refractivity (Wildman–Crippen MR) is 89.9 cm³/mol. The van der Waals surface area contributed by atoms with Crippen molar-refractivity contribution in [3.05, 3.63) is 51.2 Å². The van der Waals surface area contributed by atoms with Gasteiger partial charge in [-0.3, -0.25) is 0 Å². The molecule has 20 heavy (non-hydrogen) atoms. The van der Waals surface area contributed by atoms with Gasteiger partial charge in [-0.2, -0.15) is 0 Å². The number of hydrogen-bond donors (Lipinski definition) is 1. The Morgan fingerprint density at radius 3 is 2.70 bits per heavy atom. The Hall–Kier alpha value is -1.03. The van der Waals surface area contributed by atoms with Gasteiger partial charge in [-0.25, -0.2) is 0 Å². The first-order chi connectivity index (χ1) is 9.61. The molecule has 0 amide bonds. The fraction of sp³-hybridized carbons (Fsp3) is 0.375. The molecule has 0 unspecified atom stereocenters. The number of hydrogen-bond acceptors (Lipinski definition) is 3. The lowest BCUT2D eigenvalue weighted by molar-refractivity contribution is 0.679. The first-order valence-corrected chi connectivity index (χ1v) is 8.09. The van der Waals surface area contributed by atoms with E-state index in [0.717, 1.165) is 18.1 Å². The van der Waals surface area contributed by atoms with Crippen LogP contribution >= 0.6 is 22.9 Å². The van der Waals surface area contributed by atoms with Crippen LogP contribution in [0.2, 0.25) is 5.02 Å². The molecular formula is C16H21ClN2S. The van der Waals surface area contributed by atoms with E-state index in [0.29, 0.717) is 6.04 Å². The highest BCUT2D eigenvalue weighted by Gasteiger charge is 2.15. The lowest BCUT2D eigenvalue weighted by Crippen LogP contribution is -2.31. The van der Waals surface area contributed by atoms with Crippen LogP contribution in [0.5, 0.6) is 0 Å². The third kappa shape index (κ3) is 3.75. The van der Waals surface area contributed by atoms with Gasteiger partial charge >= 0.3 is 0 Å². The van der Waals surface area contributed by atoms with E-state index >= 15 is 0 Å². The topological polar surface area (TPSA) is 15.3 Å². The summed E-state index contributed by atoms with van der Waals surface area (Å²) in [5.74, 6) is 0. The minimum absolute atomic E-state index is 0.422. The second-order valence-corrected chi connectivity index (χ2v) is 6.57. The zero-order valence-electron chi connectivity index (χ0n) is 12.2. The molecule has 0 aliphatic rings. The van der Waals surface area contributed by atoms with Crippen molar-refractivity contribution >= 4 is 28.6 Å².